The number of ether oxygens (including phenoxy) is 1. The third kappa shape index (κ3) is 5.80. The fourth-order valence-corrected chi connectivity index (χ4v) is 3.53. The highest BCUT2D eigenvalue weighted by Gasteiger charge is 2.24. The molecule has 0 radical (unpaired) electrons. The van der Waals surface area contributed by atoms with E-state index in [9.17, 15) is 13.2 Å². The standard InChI is InChI=1S/C18H20BrN3O4S/c1-13-8-9-17(26-2)16(10-13)22(27(3,24)25)12-18(23)21-20-11-14-6-4-5-7-15(14)19/h4-11H,12H2,1-3H3,(H,21,23)/b20-11+. The van der Waals surface area contributed by atoms with Crippen LogP contribution in [0.5, 0.6) is 5.75 Å². The number of sulfonamides is 1. The predicted octanol–water partition coefficient (Wildman–Crippen LogP) is 2.68. The number of halogens is 1. The summed E-state index contributed by atoms with van der Waals surface area (Å²) in [7, 11) is -2.27. The number of amides is 1. The van der Waals surface area contributed by atoms with Crippen molar-refractivity contribution in [3.63, 3.8) is 0 Å². The molecule has 9 heteroatoms. The van der Waals surface area contributed by atoms with Gasteiger partial charge in [-0.25, -0.2) is 13.8 Å². The van der Waals surface area contributed by atoms with Crippen LogP contribution in [-0.2, 0) is 14.8 Å². The molecule has 2 aromatic rings. The molecule has 0 atom stereocenters. The van der Waals surface area contributed by atoms with Gasteiger partial charge in [-0.3, -0.25) is 9.10 Å². The highest BCUT2D eigenvalue weighted by atomic mass is 79.9. The second kappa shape index (κ2) is 9.01. The van der Waals surface area contributed by atoms with Crippen molar-refractivity contribution < 1.29 is 17.9 Å². The van der Waals surface area contributed by atoms with Gasteiger partial charge in [-0.15, -0.1) is 0 Å². The second-order valence-corrected chi connectivity index (χ2v) is 8.52. The Bertz CT molecular complexity index is 961. The van der Waals surface area contributed by atoms with Crippen LogP contribution in [0.2, 0.25) is 0 Å². The number of hydrogen-bond acceptors (Lipinski definition) is 5. The van der Waals surface area contributed by atoms with Gasteiger partial charge in [0.25, 0.3) is 5.91 Å². The Balaban J connectivity index is 2.19. The molecule has 1 N–H and O–H groups in total. The summed E-state index contributed by atoms with van der Waals surface area (Å²) in [6.45, 7) is 1.40. The van der Waals surface area contributed by atoms with Crippen LogP contribution in [-0.4, -0.2) is 40.4 Å². The van der Waals surface area contributed by atoms with Gasteiger partial charge < -0.3 is 4.74 Å². The minimum atomic E-state index is -3.71. The lowest BCUT2D eigenvalue weighted by molar-refractivity contribution is -0.119. The third-order valence-corrected chi connectivity index (χ3v) is 5.44. The number of nitrogens with zero attached hydrogens (tertiary/aromatic N) is 2. The normalized spacial score (nSPS) is 11.4. The van der Waals surface area contributed by atoms with E-state index in [1.165, 1.54) is 13.3 Å². The maximum Gasteiger partial charge on any atom is 0.260 e. The average Bonchev–Trinajstić information content (AvgIpc) is 2.60. The van der Waals surface area contributed by atoms with Crippen LogP contribution in [0.3, 0.4) is 0 Å². The van der Waals surface area contributed by atoms with E-state index < -0.39 is 22.5 Å². The van der Waals surface area contributed by atoms with E-state index in [0.717, 1.165) is 26.2 Å². The van der Waals surface area contributed by atoms with E-state index >= 15 is 0 Å². The van der Waals surface area contributed by atoms with Crippen LogP contribution in [0, 0.1) is 6.92 Å². The third-order valence-electron chi connectivity index (χ3n) is 3.59. The fraction of sp³-hybridized carbons (Fsp3) is 0.222. The molecule has 0 aromatic heterocycles. The van der Waals surface area contributed by atoms with Gasteiger partial charge in [-0.05, 0) is 30.7 Å². The van der Waals surface area contributed by atoms with Gasteiger partial charge in [0, 0.05) is 10.0 Å². The van der Waals surface area contributed by atoms with Gasteiger partial charge in [0.15, 0.2) is 0 Å². The Labute approximate surface area is 167 Å². The van der Waals surface area contributed by atoms with E-state index in [2.05, 4.69) is 26.5 Å². The molecule has 0 spiro atoms. The summed E-state index contributed by atoms with van der Waals surface area (Å²) in [5.74, 6) is -0.220. The molecule has 0 unspecified atom stereocenters. The summed E-state index contributed by atoms with van der Waals surface area (Å²) in [4.78, 5) is 12.2. The Morgan fingerprint density at radius 2 is 2.00 bits per heavy atom. The number of carbonyl (C=O) groups excluding carboxylic acids is 1. The summed E-state index contributed by atoms with van der Waals surface area (Å²) < 4.78 is 31.5. The van der Waals surface area contributed by atoms with Crippen molar-refractivity contribution >= 4 is 43.8 Å². The van der Waals surface area contributed by atoms with E-state index in [1.54, 1.807) is 18.2 Å². The minimum Gasteiger partial charge on any atom is -0.495 e. The first kappa shape index (κ1) is 20.9. The molecule has 0 heterocycles. The lowest BCUT2D eigenvalue weighted by atomic mass is 10.2. The Hall–Kier alpha value is -2.39. The van der Waals surface area contributed by atoms with Gasteiger partial charge in [0.2, 0.25) is 10.0 Å². The molecule has 1 amide bonds. The first-order chi connectivity index (χ1) is 12.7. The van der Waals surface area contributed by atoms with Crippen LogP contribution < -0.4 is 14.5 Å². The van der Waals surface area contributed by atoms with Crippen LogP contribution in [0.1, 0.15) is 11.1 Å². The molecule has 27 heavy (non-hydrogen) atoms. The van der Waals surface area contributed by atoms with E-state index in [0.29, 0.717) is 11.4 Å². The quantitative estimate of drug-likeness (QED) is 0.515. The van der Waals surface area contributed by atoms with Crippen LogP contribution in [0.4, 0.5) is 5.69 Å². The topological polar surface area (TPSA) is 88.1 Å². The fourth-order valence-electron chi connectivity index (χ4n) is 2.30. The number of carbonyl (C=O) groups is 1. The molecule has 0 saturated heterocycles. The van der Waals surface area contributed by atoms with Crippen molar-refractivity contribution in [1.29, 1.82) is 0 Å². The Morgan fingerprint density at radius 1 is 1.30 bits per heavy atom. The summed E-state index contributed by atoms with van der Waals surface area (Å²) in [5, 5.41) is 3.88. The van der Waals surface area contributed by atoms with Gasteiger partial charge in [-0.2, -0.15) is 5.10 Å². The lowest BCUT2D eigenvalue weighted by Crippen LogP contribution is -2.39. The van der Waals surface area contributed by atoms with Crippen LogP contribution >= 0.6 is 15.9 Å². The molecule has 7 nitrogen and oxygen atoms in total. The maximum atomic E-state index is 12.2. The van der Waals surface area contributed by atoms with Crippen molar-refractivity contribution in [3.05, 3.63) is 58.1 Å². The molecule has 0 aliphatic rings. The predicted molar refractivity (Wildman–Crippen MR) is 110 cm³/mol. The Kier molecular flexibility index (Phi) is 6.98. The number of hydrogen-bond donors (Lipinski definition) is 1. The summed E-state index contributed by atoms with van der Waals surface area (Å²) in [6, 6.07) is 12.5. The zero-order valence-corrected chi connectivity index (χ0v) is 17.5. The van der Waals surface area contributed by atoms with E-state index in [1.807, 2.05) is 31.2 Å². The molecule has 0 bridgehead atoms. The second-order valence-electron chi connectivity index (χ2n) is 5.76. The summed E-state index contributed by atoms with van der Waals surface area (Å²) in [5.41, 5.74) is 4.26. The molecule has 2 rings (SSSR count). The number of anilines is 1. The molecule has 0 aliphatic heterocycles. The van der Waals surface area contributed by atoms with Crippen molar-refractivity contribution in [2.75, 3.05) is 24.2 Å². The highest BCUT2D eigenvalue weighted by molar-refractivity contribution is 9.10. The maximum absolute atomic E-state index is 12.2. The highest BCUT2D eigenvalue weighted by Crippen LogP contribution is 2.30. The molecule has 144 valence electrons. The molecular formula is C18H20BrN3O4S. The van der Waals surface area contributed by atoms with Crippen LogP contribution in [0.15, 0.2) is 52.0 Å². The van der Waals surface area contributed by atoms with E-state index in [4.69, 9.17) is 4.74 Å². The van der Waals surface area contributed by atoms with Crippen molar-refractivity contribution in [3.8, 4) is 5.75 Å². The van der Waals surface area contributed by atoms with Gasteiger partial charge in [0.05, 0.1) is 25.3 Å². The van der Waals surface area contributed by atoms with E-state index in [-0.39, 0.29) is 0 Å². The zero-order valence-electron chi connectivity index (χ0n) is 15.1. The van der Waals surface area contributed by atoms with Crippen molar-refractivity contribution in [2.24, 2.45) is 5.10 Å². The monoisotopic (exact) mass is 453 g/mol. The number of rotatable bonds is 7. The lowest BCUT2D eigenvalue weighted by Gasteiger charge is -2.23. The zero-order chi connectivity index (χ0) is 20.0. The number of methoxy groups -OCH3 is 1. The first-order valence-electron chi connectivity index (χ1n) is 7.91. The van der Waals surface area contributed by atoms with Gasteiger partial charge >= 0.3 is 0 Å². The van der Waals surface area contributed by atoms with Crippen molar-refractivity contribution in [1.82, 2.24) is 5.43 Å². The first-order valence-corrected chi connectivity index (χ1v) is 10.6. The van der Waals surface area contributed by atoms with Gasteiger partial charge in [0.1, 0.15) is 12.3 Å². The van der Waals surface area contributed by atoms with Crippen molar-refractivity contribution in [2.45, 2.75) is 6.92 Å². The minimum absolute atomic E-state index is 0.296. The number of nitrogens with one attached hydrogen (secondary N) is 1. The number of aryl methyl sites for hydroxylation is 1. The average molecular weight is 454 g/mol. The summed E-state index contributed by atoms with van der Waals surface area (Å²) in [6.07, 6.45) is 2.51. The van der Waals surface area contributed by atoms with Gasteiger partial charge in [-0.1, -0.05) is 40.2 Å². The number of benzene rings is 2. The molecule has 2 aromatic carbocycles. The Morgan fingerprint density at radius 3 is 2.63 bits per heavy atom. The molecule has 0 saturated carbocycles. The molecule has 0 fully saturated rings. The SMILES string of the molecule is COc1ccc(C)cc1N(CC(=O)N/N=C/c1ccccc1Br)S(C)(=O)=O. The number of hydrazone groups is 1. The smallest absolute Gasteiger partial charge is 0.260 e. The van der Waals surface area contributed by atoms with Crippen LogP contribution in [0.25, 0.3) is 0 Å². The largest absolute Gasteiger partial charge is 0.495 e. The molecule has 0 aliphatic carbocycles. The molecular weight excluding hydrogens is 434 g/mol. The summed E-state index contributed by atoms with van der Waals surface area (Å²) >= 11 is 3.38.